The lowest BCUT2D eigenvalue weighted by atomic mass is 10.1. The second-order valence-corrected chi connectivity index (χ2v) is 6.54. The maximum Gasteiger partial charge on any atom is 0.226 e. The number of oxazole rings is 1. The molecule has 4 nitrogen and oxygen atoms in total. The van der Waals surface area contributed by atoms with Gasteiger partial charge in [0, 0.05) is 18.4 Å². The number of Topliss-reactive ketones (excluding diaryl/α,β-unsaturated/α-hetero) is 1. The van der Waals surface area contributed by atoms with Gasteiger partial charge in [-0.1, -0.05) is 35.9 Å². The first-order valence-electron chi connectivity index (χ1n) is 6.86. The molecule has 6 heteroatoms. The molecule has 23 heavy (non-hydrogen) atoms. The van der Waals surface area contributed by atoms with Crippen molar-refractivity contribution < 1.29 is 9.21 Å². The van der Waals surface area contributed by atoms with Gasteiger partial charge in [0.15, 0.2) is 11.5 Å². The van der Waals surface area contributed by atoms with E-state index in [1.807, 2.05) is 0 Å². The summed E-state index contributed by atoms with van der Waals surface area (Å²) in [5.74, 6) is 0.538. The summed E-state index contributed by atoms with van der Waals surface area (Å²) in [5, 5.41) is 0. The predicted molar refractivity (Wildman–Crippen MR) is 90.2 cm³/mol. The Balaban J connectivity index is 1.65. The molecule has 0 fully saturated rings. The van der Waals surface area contributed by atoms with Gasteiger partial charge in [-0.25, -0.2) is 9.83 Å². The topological polar surface area (TPSA) is 47.5 Å². The van der Waals surface area contributed by atoms with E-state index in [1.165, 1.54) is 11.3 Å². The number of thiophene rings is 1. The van der Waals surface area contributed by atoms with E-state index in [1.54, 1.807) is 42.7 Å². The number of hydrogen-bond donors (Lipinski definition) is 0. The molecule has 0 aliphatic heterocycles. The van der Waals surface area contributed by atoms with Crippen LogP contribution in [0.3, 0.4) is 0 Å². The van der Waals surface area contributed by atoms with Crippen LogP contribution in [-0.4, -0.2) is 10.8 Å². The molecule has 0 spiro atoms. The highest BCUT2D eigenvalue weighted by Crippen LogP contribution is 2.24. The van der Waals surface area contributed by atoms with Crippen molar-refractivity contribution in [1.82, 2.24) is 4.98 Å². The Hall–Kier alpha value is -2.42. The van der Waals surface area contributed by atoms with Crippen LogP contribution in [0.25, 0.3) is 16.3 Å². The van der Waals surface area contributed by atoms with Gasteiger partial charge in [-0.2, -0.15) is 0 Å². The fraction of sp³-hybridized carbons (Fsp3) is 0.118. The number of halogens is 1. The average molecular weight is 343 g/mol. The van der Waals surface area contributed by atoms with Crippen molar-refractivity contribution in [3.8, 4) is 11.5 Å². The monoisotopic (exact) mass is 342 g/mol. The van der Waals surface area contributed by atoms with E-state index >= 15 is 0 Å². The minimum atomic E-state index is 0.0489. The van der Waals surface area contributed by atoms with Crippen molar-refractivity contribution >= 4 is 34.4 Å². The first kappa shape index (κ1) is 15.5. The van der Waals surface area contributed by atoms with E-state index in [9.17, 15) is 4.79 Å². The number of carbonyl (C=O) groups excluding carboxylic acids is 1. The Kier molecular flexibility index (Phi) is 4.56. The smallest absolute Gasteiger partial charge is 0.226 e. The van der Waals surface area contributed by atoms with Crippen molar-refractivity contribution in [2.75, 3.05) is 0 Å². The molecule has 114 valence electrons. The molecule has 2 heterocycles. The van der Waals surface area contributed by atoms with E-state index < -0.39 is 0 Å². The third-order valence-electron chi connectivity index (χ3n) is 3.25. The number of rotatable bonds is 5. The summed E-state index contributed by atoms with van der Waals surface area (Å²) < 4.78 is 6.06. The van der Waals surface area contributed by atoms with E-state index in [0.29, 0.717) is 33.6 Å². The van der Waals surface area contributed by atoms with Crippen molar-refractivity contribution in [2.45, 2.75) is 12.8 Å². The average Bonchev–Trinajstić information content (AvgIpc) is 3.22. The van der Waals surface area contributed by atoms with Crippen LogP contribution in [0.5, 0.6) is 0 Å². The molecule has 0 radical (unpaired) electrons. The van der Waals surface area contributed by atoms with Gasteiger partial charge in [0.25, 0.3) is 0 Å². The van der Waals surface area contributed by atoms with Crippen LogP contribution < -0.4 is 0 Å². The Morgan fingerprint density at radius 3 is 2.70 bits per heavy atom. The Labute approximate surface area is 142 Å². The van der Waals surface area contributed by atoms with Crippen molar-refractivity contribution in [3.05, 3.63) is 69.0 Å². The third kappa shape index (κ3) is 3.67. The summed E-state index contributed by atoms with van der Waals surface area (Å²) in [4.78, 5) is 20.4. The Morgan fingerprint density at radius 1 is 1.26 bits per heavy atom. The molecule has 3 aromatic rings. The molecule has 0 aliphatic carbocycles. The zero-order valence-electron chi connectivity index (χ0n) is 12.0. The first-order valence-corrected chi connectivity index (χ1v) is 8.06. The summed E-state index contributed by atoms with van der Waals surface area (Å²) >= 11 is 7.12. The van der Waals surface area contributed by atoms with E-state index in [0.717, 1.165) is 11.3 Å². The number of carbonyl (C=O) groups is 1. The summed E-state index contributed by atoms with van der Waals surface area (Å²) in [6.07, 6.45) is 2.43. The normalized spacial score (nSPS) is 10.4. The van der Waals surface area contributed by atoms with Gasteiger partial charge in [-0.3, -0.25) is 4.79 Å². The number of aryl methyl sites for hydroxylation is 1. The quantitative estimate of drug-likeness (QED) is 0.459. The van der Waals surface area contributed by atoms with E-state index in [-0.39, 0.29) is 5.78 Å². The summed E-state index contributed by atoms with van der Waals surface area (Å²) in [5.41, 5.74) is 2.10. The number of aromatic nitrogens is 1. The highest BCUT2D eigenvalue weighted by atomic mass is 35.5. The standard InChI is InChI=1S/C17H11ClN2O2S/c1-19-12-4-2-11(3-5-12)17-20-13(10-22-17)6-7-14(21)15-8-9-16(18)23-15/h2-5,8-10H,6-7H2. The molecule has 1 aromatic carbocycles. The Bertz CT molecular complexity index is 875. The highest BCUT2D eigenvalue weighted by molar-refractivity contribution is 7.18. The molecule has 2 aromatic heterocycles. The van der Waals surface area contributed by atoms with Crippen molar-refractivity contribution in [1.29, 1.82) is 0 Å². The fourth-order valence-corrected chi connectivity index (χ4v) is 3.07. The van der Waals surface area contributed by atoms with Gasteiger partial charge in [0.2, 0.25) is 5.89 Å². The van der Waals surface area contributed by atoms with Crippen LogP contribution in [0.4, 0.5) is 5.69 Å². The number of ketones is 1. The van der Waals surface area contributed by atoms with Gasteiger partial charge in [0.05, 0.1) is 21.5 Å². The van der Waals surface area contributed by atoms with Crippen molar-refractivity contribution in [2.24, 2.45) is 0 Å². The van der Waals surface area contributed by atoms with E-state index in [4.69, 9.17) is 22.6 Å². The molecule has 0 atom stereocenters. The van der Waals surface area contributed by atoms with Crippen molar-refractivity contribution in [3.63, 3.8) is 0 Å². The maximum atomic E-state index is 12.0. The van der Waals surface area contributed by atoms with Gasteiger partial charge in [0.1, 0.15) is 6.26 Å². The molecule has 0 N–H and O–H groups in total. The number of hydrogen-bond acceptors (Lipinski definition) is 4. The molecule has 0 unspecified atom stereocenters. The van der Waals surface area contributed by atoms with Gasteiger partial charge in [-0.15, -0.1) is 11.3 Å². The lowest BCUT2D eigenvalue weighted by molar-refractivity contribution is 0.0986. The molecule has 0 bridgehead atoms. The largest absolute Gasteiger partial charge is 0.444 e. The van der Waals surface area contributed by atoms with Crippen LogP contribution in [0.1, 0.15) is 21.8 Å². The molecule has 3 rings (SSSR count). The van der Waals surface area contributed by atoms with Gasteiger partial charge < -0.3 is 4.42 Å². The SMILES string of the molecule is [C-]#[N+]c1ccc(-c2nc(CCC(=O)c3ccc(Cl)s3)co2)cc1. The molecule has 0 aliphatic rings. The first-order chi connectivity index (χ1) is 11.2. The lowest BCUT2D eigenvalue weighted by Gasteiger charge is -1.96. The molecular formula is C17H11ClN2O2S. The molecule has 0 saturated heterocycles. The number of nitrogens with zero attached hydrogens (tertiary/aromatic N) is 2. The summed E-state index contributed by atoms with van der Waals surface area (Å²) in [6.45, 7) is 6.94. The second kappa shape index (κ2) is 6.78. The van der Waals surface area contributed by atoms with Crippen LogP contribution in [0, 0.1) is 6.57 Å². The number of benzene rings is 1. The van der Waals surface area contributed by atoms with Gasteiger partial charge >= 0.3 is 0 Å². The zero-order chi connectivity index (χ0) is 16.2. The van der Waals surface area contributed by atoms with Crippen LogP contribution in [0.2, 0.25) is 4.34 Å². The van der Waals surface area contributed by atoms with E-state index in [2.05, 4.69) is 9.83 Å². The highest BCUT2D eigenvalue weighted by Gasteiger charge is 2.12. The van der Waals surface area contributed by atoms with Gasteiger partial charge in [-0.05, 0) is 12.1 Å². The third-order valence-corrected chi connectivity index (χ3v) is 4.52. The maximum absolute atomic E-state index is 12.0. The van der Waals surface area contributed by atoms with Crippen LogP contribution >= 0.6 is 22.9 Å². The second-order valence-electron chi connectivity index (χ2n) is 4.83. The molecular weight excluding hydrogens is 332 g/mol. The molecule has 0 saturated carbocycles. The fourth-order valence-electron chi connectivity index (χ4n) is 2.06. The zero-order valence-corrected chi connectivity index (χ0v) is 13.5. The van der Waals surface area contributed by atoms with Crippen LogP contribution in [-0.2, 0) is 6.42 Å². The lowest BCUT2D eigenvalue weighted by Crippen LogP contribution is -1.98. The van der Waals surface area contributed by atoms with Crippen LogP contribution in [0.15, 0.2) is 47.1 Å². The minimum absolute atomic E-state index is 0.0489. The summed E-state index contributed by atoms with van der Waals surface area (Å²) in [6, 6.07) is 10.5. The molecule has 0 amide bonds. The predicted octanol–water partition coefficient (Wildman–Crippen LogP) is 5.42. The minimum Gasteiger partial charge on any atom is -0.444 e. The Morgan fingerprint density at radius 2 is 2.04 bits per heavy atom. The summed E-state index contributed by atoms with van der Waals surface area (Å²) in [7, 11) is 0.